The maximum atomic E-state index is 12.0. The van der Waals surface area contributed by atoms with Gasteiger partial charge in [-0.15, -0.1) is 0 Å². The number of nitrogens with one attached hydrogen (secondary N) is 2. The van der Waals surface area contributed by atoms with Crippen LogP contribution in [0.5, 0.6) is 0 Å². The number of fused-ring (bicyclic) bond motifs is 1. The number of carbonyl (C=O) groups excluding carboxylic acids is 2. The van der Waals surface area contributed by atoms with E-state index in [2.05, 4.69) is 34.7 Å². The van der Waals surface area contributed by atoms with Gasteiger partial charge >= 0.3 is 0 Å². The molecule has 3 rings (SSSR count). The summed E-state index contributed by atoms with van der Waals surface area (Å²) in [5.41, 5.74) is 3.58. The topological polar surface area (TPSA) is 61.4 Å². The van der Waals surface area contributed by atoms with Crippen LogP contribution in [0.4, 0.5) is 5.69 Å². The van der Waals surface area contributed by atoms with Gasteiger partial charge in [0.2, 0.25) is 11.8 Å². The van der Waals surface area contributed by atoms with Gasteiger partial charge in [0.1, 0.15) is 0 Å². The van der Waals surface area contributed by atoms with Gasteiger partial charge in [0.05, 0.1) is 0 Å². The average Bonchev–Trinajstić information content (AvgIpc) is 3.19. The molecule has 0 spiro atoms. The van der Waals surface area contributed by atoms with E-state index in [-0.39, 0.29) is 24.7 Å². The van der Waals surface area contributed by atoms with Crippen LogP contribution in [0.2, 0.25) is 0 Å². The summed E-state index contributed by atoms with van der Waals surface area (Å²) in [6.45, 7) is 2.86. The molecule has 2 N–H and O–H groups in total. The molecular weight excluding hydrogens is 302 g/mol. The third-order valence-corrected chi connectivity index (χ3v) is 5.04. The average molecular weight is 329 g/mol. The summed E-state index contributed by atoms with van der Waals surface area (Å²) in [6.07, 6.45) is 5.05. The van der Waals surface area contributed by atoms with Crippen molar-refractivity contribution >= 4 is 17.5 Å². The molecule has 1 aromatic rings. The molecular formula is C19H27N3O2. The smallest absolute Gasteiger partial charge is 0.224 e. The van der Waals surface area contributed by atoms with Crippen molar-refractivity contribution in [1.82, 2.24) is 10.2 Å². The minimum absolute atomic E-state index is 0.0337. The number of benzene rings is 1. The van der Waals surface area contributed by atoms with Crippen molar-refractivity contribution < 1.29 is 9.59 Å². The number of hydrogen-bond acceptors (Lipinski definition) is 3. The summed E-state index contributed by atoms with van der Waals surface area (Å²) in [5.74, 6) is 0.413. The largest absolute Gasteiger partial charge is 0.356 e. The number of likely N-dealkylation sites (tertiary alicyclic amines) is 1. The van der Waals surface area contributed by atoms with Crippen LogP contribution < -0.4 is 10.6 Å². The molecule has 0 radical (unpaired) electrons. The summed E-state index contributed by atoms with van der Waals surface area (Å²) in [5, 5.41) is 5.86. The van der Waals surface area contributed by atoms with Crippen LogP contribution in [0.25, 0.3) is 0 Å². The van der Waals surface area contributed by atoms with Gasteiger partial charge in [-0.1, -0.05) is 6.07 Å². The van der Waals surface area contributed by atoms with E-state index in [0.717, 1.165) is 44.6 Å². The lowest BCUT2D eigenvalue weighted by atomic mass is 10.1. The first-order chi connectivity index (χ1) is 11.6. The summed E-state index contributed by atoms with van der Waals surface area (Å²) < 4.78 is 0. The monoisotopic (exact) mass is 329 g/mol. The Labute approximate surface area is 143 Å². The Balaban J connectivity index is 1.36. The number of anilines is 1. The Kier molecular flexibility index (Phi) is 5.51. The quantitative estimate of drug-likeness (QED) is 0.839. The van der Waals surface area contributed by atoms with Crippen molar-refractivity contribution in [3.05, 3.63) is 29.3 Å². The van der Waals surface area contributed by atoms with Crippen molar-refractivity contribution in [1.29, 1.82) is 0 Å². The highest BCUT2D eigenvalue weighted by Crippen LogP contribution is 2.24. The fourth-order valence-corrected chi connectivity index (χ4v) is 3.64. The lowest BCUT2D eigenvalue weighted by molar-refractivity contribution is -0.124. The minimum atomic E-state index is -0.0938. The minimum Gasteiger partial charge on any atom is -0.356 e. The summed E-state index contributed by atoms with van der Waals surface area (Å²) >= 11 is 0. The van der Waals surface area contributed by atoms with Crippen LogP contribution in [-0.2, 0) is 22.4 Å². The maximum absolute atomic E-state index is 12.0. The number of amides is 2. The van der Waals surface area contributed by atoms with Crippen LogP contribution in [-0.4, -0.2) is 43.4 Å². The molecule has 0 aromatic heterocycles. The highest BCUT2D eigenvalue weighted by atomic mass is 16.2. The number of carbonyl (C=O) groups is 2. The molecule has 5 heteroatoms. The fourth-order valence-electron chi connectivity index (χ4n) is 3.64. The molecule has 0 bridgehead atoms. The SMILES string of the molecule is CN1CCC(CNC(=O)CCC(=O)Nc2ccc3c(c2)CCC3)C1. The Morgan fingerprint density at radius 2 is 1.96 bits per heavy atom. The van der Waals surface area contributed by atoms with Gasteiger partial charge in [0, 0.05) is 31.6 Å². The van der Waals surface area contributed by atoms with Crippen molar-refractivity contribution in [3.8, 4) is 0 Å². The number of aryl methyl sites for hydroxylation is 2. The van der Waals surface area contributed by atoms with Crippen LogP contribution >= 0.6 is 0 Å². The number of nitrogens with zero attached hydrogens (tertiary/aromatic N) is 1. The zero-order valence-corrected chi connectivity index (χ0v) is 14.4. The molecule has 1 atom stereocenters. The third kappa shape index (κ3) is 4.57. The van der Waals surface area contributed by atoms with Crippen LogP contribution in [0.15, 0.2) is 18.2 Å². The van der Waals surface area contributed by atoms with Crippen LogP contribution in [0, 0.1) is 5.92 Å². The van der Waals surface area contributed by atoms with Crippen molar-refractivity contribution in [3.63, 3.8) is 0 Å². The van der Waals surface area contributed by atoms with E-state index < -0.39 is 0 Å². The van der Waals surface area contributed by atoms with Gasteiger partial charge in [-0.3, -0.25) is 9.59 Å². The van der Waals surface area contributed by atoms with E-state index in [1.165, 1.54) is 17.5 Å². The Hall–Kier alpha value is -1.88. The van der Waals surface area contributed by atoms with Gasteiger partial charge in [-0.2, -0.15) is 0 Å². The second-order valence-electron chi connectivity index (χ2n) is 7.11. The highest BCUT2D eigenvalue weighted by molar-refractivity contribution is 5.93. The fraction of sp³-hybridized carbons (Fsp3) is 0.579. The predicted octanol–water partition coefficient (Wildman–Crippen LogP) is 1.96. The van der Waals surface area contributed by atoms with Gasteiger partial charge in [-0.25, -0.2) is 0 Å². The van der Waals surface area contributed by atoms with E-state index in [0.29, 0.717) is 5.92 Å². The molecule has 5 nitrogen and oxygen atoms in total. The highest BCUT2D eigenvalue weighted by Gasteiger charge is 2.20. The molecule has 130 valence electrons. The van der Waals surface area contributed by atoms with Gasteiger partial charge in [-0.05, 0) is 68.5 Å². The van der Waals surface area contributed by atoms with Crippen molar-refractivity contribution in [2.24, 2.45) is 5.92 Å². The zero-order valence-electron chi connectivity index (χ0n) is 14.4. The summed E-state index contributed by atoms with van der Waals surface area (Å²) in [4.78, 5) is 26.2. The molecule has 2 aliphatic rings. The molecule has 24 heavy (non-hydrogen) atoms. The first-order valence-electron chi connectivity index (χ1n) is 8.97. The van der Waals surface area contributed by atoms with E-state index in [4.69, 9.17) is 0 Å². The number of rotatable bonds is 6. The van der Waals surface area contributed by atoms with E-state index in [1.54, 1.807) is 0 Å². The molecule has 1 saturated heterocycles. The molecule has 1 heterocycles. The van der Waals surface area contributed by atoms with Crippen LogP contribution in [0.3, 0.4) is 0 Å². The van der Waals surface area contributed by atoms with Crippen molar-refractivity contribution in [2.45, 2.75) is 38.5 Å². The Morgan fingerprint density at radius 1 is 1.17 bits per heavy atom. The van der Waals surface area contributed by atoms with Crippen LogP contribution in [0.1, 0.15) is 36.8 Å². The normalized spacial score (nSPS) is 20.0. The molecule has 2 amide bonds. The molecule has 1 aliphatic carbocycles. The van der Waals surface area contributed by atoms with Gasteiger partial charge < -0.3 is 15.5 Å². The Bertz CT molecular complexity index is 615. The molecule has 1 aromatic carbocycles. The second-order valence-corrected chi connectivity index (χ2v) is 7.11. The van der Waals surface area contributed by atoms with E-state index in [1.807, 2.05) is 6.07 Å². The molecule has 1 unspecified atom stereocenters. The first-order valence-corrected chi connectivity index (χ1v) is 8.97. The lowest BCUT2D eigenvalue weighted by Gasteiger charge is -2.12. The standard InChI is InChI=1S/C19H27N3O2/c1-22-10-9-14(13-22)12-20-18(23)7-8-19(24)21-17-6-5-15-3-2-4-16(15)11-17/h5-6,11,14H,2-4,7-10,12-13H2,1H3,(H,20,23)(H,21,24). The molecule has 1 fully saturated rings. The second kappa shape index (κ2) is 7.79. The predicted molar refractivity (Wildman–Crippen MR) is 94.9 cm³/mol. The van der Waals surface area contributed by atoms with E-state index in [9.17, 15) is 9.59 Å². The summed E-state index contributed by atoms with van der Waals surface area (Å²) in [6, 6.07) is 6.12. The van der Waals surface area contributed by atoms with E-state index >= 15 is 0 Å². The Morgan fingerprint density at radius 3 is 2.75 bits per heavy atom. The van der Waals surface area contributed by atoms with Crippen molar-refractivity contribution in [2.75, 3.05) is 32.0 Å². The first kappa shape index (κ1) is 17.0. The molecule has 0 saturated carbocycles. The van der Waals surface area contributed by atoms with Gasteiger partial charge in [0.25, 0.3) is 0 Å². The lowest BCUT2D eigenvalue weighted by Crippen LogP contribution is -2.31. The third-order valence-electron chi connectivity index (χ3n) is 5.04. The number of hydrogen-bond donors (Lipinski definition) is 2. The zero-order chi connectivity index (χ0) is 16.9. The molecule has 1 aliphatic heterocycles. The maximum Gasteiger partial charge on any atom is 0.224 e. The summed E-state index contributed by atoms with van der Waals surface area (Å²) in [7, 11) is 2.10. The van der Waals surface area contributed by atoms with Gasteiger partial charge in [0.15, 0.2) is 0 Å².